The van der Waals surface area contributed by atoms with Gasteiger partial charge < -0.3 is 15.1 Å². The molecule has 1 fully saturated rings. The molecule has 1 aromatic heterocycles. The van der Waals surface area contributed by atoms with Crippen LogP contribution in [0.15, 0.2) is 103 Å². The summed E-state index contributed by atoms with van der Waals surface area (Å²) >= 11 is 6.19. The fraction of sp³-hybridized carbons (Fsp3) is 0.200. The van der Waals surface area contributed by atoms with E-state index in [9.17, 15) is 4.79 Å². The monoisotopic (exact) mass is 509 g/mol. The van der Waals surface area contributed by atoms with Crippen LogP contribution in [0.25, 0.3) is 11.3 Å². The van der Waals surface area contributed by atoms with Crippen molar-refractivity contribution in [1.29, 1.82) is 0 Å². The molecule has 0 aliphatic carbocycles. The molecule has 186 valence electrons. The second-order valence-corrected chi connectivity index (χ2v) is 9.88. The van der Waals surface area contributed by atoms with E-state index in [2.05, 4.69) is 74.9 Å². The van der Waals surface area contributed by atoms with E-state index < -0.39 is 0 Å². The molecule has 3 aliphatic rings. The van der Waals surface area contributed by atoms with E-state index in [1.807, 2.05) is 35.2 Å². The van der Waals surface area contributed by atoms with Crippen LogP contribution < -0.4 is 5.32 Å². The molecule has 4 heterocycles. The molecule has 0 bridgehead atoms. The van der Waals surface area contributed by atoms with Gasteiger partial charge in [0.1, 0.15) is 6.17 Å². The van der Waals surface area contributed by atoms with Crippen molar-refractivity contribution in [1.82, 2.24) is 25.0 Å². The van der Waals surface area contributed by atoms with Crippen LogP contribution in [0, 0.1) is 0 Å². The number of pyridine rings is 1. The largest absolute Gasteiger partial charge is 0.360 e. The Balaban J connectivity index is 1.25. The third kappa shape index (κ3) is 4.90. The van der Waals surface area contributed by atoms with Gasteiger partial charge in [-0.2, -0.15) is 0 Å². The molecule has 3 aliphatic heterocycles. The summed E-state index contributed by atoms with van der Waals surface area (Å²) in [4.78, 5) is 23.7. The van der Waals surface area contributed by atoms with Gasteiger partial charge in [-0.1, -0.05) is 60.1 Å². The van der Waals surface area contributed by atoms with Crippen molar-refractivity contribution >= 4 is 28.8 Å². The zero-order valence-corrected chi connectivity index (χ0v) is 21.2. The lowest BCUT2D eigenvalue weighted by Gasteiger charge is -2.36. The molecule has 2 aromatic carbocycles. The number of benzene rings is 2. The second-order valence-electron chi connectivity index (χ2n) is 9.44. The zero-order chi connectivity index (χ0) is 25.2. The molecular formula is C30H28ClN5O. The van der Waals surface area contributed by atoms with Crippen LogP contribution in [-0.4, -0.2) is 64.5 Å². The summed E-state index contributed by atoms with van der Waals surface area (Å²) in [6.45, 7) is 3.79. The molecule has 1 unspecified atom stereocenters. The molecule has 0 saturated carbocycles. The average Bonchev–Trinajstić information content (AvgIpc) is 3.32. The first-order chi connectivity index (χ1) is 18.2. The molecule has 1 N–H and O–H groups in total. The Morgan fingerprint density at radius 2 is 1.73 bits per heavy atom. The van der Waals surface area contributed by atoms with Crippen LogP contribution in [0.1, 0.15) is 21.5 Å². The van der Waals surface area contributed by atoms with Gasteiger partial charge >= 0.3 is 0 Å². The predicted octanol–water partition coefficient (Wildman–Crippen LogP) is 4.70. The molecule has 0 radical (unpaired) electrons. The highest BCUT2D eigenvalue weighted by Gasteiger charge is 2.33. The zero-order valence-electron chi connectivity index (χ0n) is 20.4. The third-order valence-corrected chi connectivity index (χ3v) is 7.36. The quantitative estimate of drug-likeness (QED) is 0.540. The van der Waals surface area contributed by atoms with Crippen LogP contribution in [0.5, 0.6) is 0 Å². The van der Waals surface area contributed by atoms with Crippen molar-refractivity contribution in [2.24, 2.45) is 0 Å². The topological polar surface area (TPSA) is 51.7 Å². The molecule has 6 nitrogen and oxygen atoms in total. The number of nitrogens with one attached hydrogen (secondary N) is 1. The number of hydrogen-bond donors (Lipinski definition) is 1. The van der Waals surface area contributed by atoms with E-state index in [-0.39, 0.29) is 12.1 Å². The lowest BCUT2D eigenvalue weighted by atomic mass is 10.0. The van der Waals surface area contributed by atoms with E-state index in [0.29, 0.717) is 18.7 Å². The number of carbonyl (C=O) groups excluding carboxylic acids is 1. The smallest absolute Gasteiger partial charge is 0.255 e. The molecule has 1 atom stereocenters. The number of hydrogen-bond acceptors (Lipinski definition) is 5. The van der Waals surface area contributed by atoms with Crippen LogP contribution >= 0.6 is 11.6 Å². The number of allylic oxidation sites excluding steroid dienone is 2. The van der Waals surface area contributed by atoms with Crippen LogP contribution in [-0.2, 0) is 0 Å². The maximum absolute atomic E-state index is 12.9. The van der Waals surface area contributed by atoms with E-state index >= 15 is 0 Å². The van der Waals surface area contributed by atoms with Gasteiger partial charge in [0.05, 0.1) is 17.0 Å². The van der Waals surface area contributed by atoms with Crippen LogP contribution in [0.4, 0.5) is 0 Å². The number of carbonyl (C=O) groups is 1. The molecule has 1 amide bonds. The summed E-state index contributed by atoms with van der Waals surface area (Å²) in [7, 11) is 0. The van der Waals surface area contributed by atoms with Gasteiger partial charge in [-0.05, 0) is 47.0 Å². The lowest BCUT2D eigenvalue weighted by Crippen LogP contribution is -2.49. The lowest BCUT2D eigenvalue weighted by molar-refractivity contribution is 0.0642. The van der Waals surface area contributed by atoms with Crippen molar-refractivity contribution < 1.29 is 4.79 Å². The third-order valence-electron chi connectivity index (χ3n) is 7.11. The van der Waals surface area contributed by atoms with Crippen molar-refractivity contribution in [2.75, 3.05) is 32.7 Å². The van der Waals surface area contributed by atoms with E-state index in [1.165, 1.54) is 16.8 Å². The summed E-state index contributed by atoms with van der Waals surface area (Å²) in [5.74, 6) is 0.0491. The van der Waals surface area contributed by atoms with Gasteiger partial charge in [0, 0.05) is 56.3 Å². The molecule has 6 rings (SSSR count). The fourth-order valence-corrected chi connectivity index (χ4v) is 5.23. The summed E-state index contributed by atoms with van der Waals surface area (Å²) in [5, 5.41) is 4.45. The van der Waals surface area contributed by atoms with Gasteiger partial charge in [0.2, 0.25) is 0 Å². The van der Waals surface area contributed by atoms with Crippen molar-refractivity contribution in [3.8, 4) is 0 Å². The van der Waals surface area contributed by atoms with Crippen molar-refractivity contribution in [2.45, 2.75) is 6.17 Å². The number of nitrogens with zero attached hydrogens (tertiary/aromatic N) is 4. The Morgan fingerprint density at radius 1 is 0.946 bits per heavy atom. The highest BCUT2D eigenvalue weighted by atomic mass is 35.5. The normalized spacial score (nSPS) is 19.5. The second kappa shape index (κ2) is 10.2. The van der Waals surface area contributed by atoms with E-state index in [4.69, 9.17) is 11.6 Å². The van der Waals surface area contributed by atoms with Gasteiger partial charge in [-0.25, -0.2) is 0 Å². The van der Waals surface area contributed by atoms with Crippen LogP contribution in [0.2, 0.25) is 5.02 Å². The van der Waals surface area contributed by atoms with Crippen molar-refractivity contribution in [3.63, 3.8) is 0 Å². The summed E-state index contributed by atoms with van der Waals surface area (Å²) in [6.07, 6.45) is 10.0. The first kappa shape index (κ1) is 23.5. The number of piperazine rings is 1. The average molecular weight is 510 g/mol. The number of rotatable bonds is 5. The number of aromatic nitrogens is 1. The van der Waals surface area contributed by atoms with Gasteiger partial charge in [-0.15, -0.1) is 0 Å². The standard InChI is InChI=1S/C30H28ClN5O/c31-26-11-8-23(9-12-26)29-27(36-20-25(10-13-28(36)33-29)22-5-2-1-3-6-22)21-34-15-17-35(18-16-34)30(37)24-7-4-14-32-19-24/h1-14,19-20,28,33H,15-18,21H2. The Morgan fingerprint density at radius 3 is 2.46 bits per heavy atom. The van der Waals surface area contributed by atoms with Crippen LogP contribution in [0.3, 0.4) is 0 Å². The van der Waals surface area contributed by atoms with E-state index in [1.54, 1.807) is 12.4 Å². The Labute approximate surface area is 222 Å². The molecule has 1 saturated heterocycles. The van der Waals surface area contributed by atoms with Gasteiger partial charge in [0.15, 0.2) is 0 Å². The van der Waals surface area contributed by atoms with Gasteiger partial charge in [0.25, 0.3) is 5.91 Å². The highest BCUT2D eigenvalue weighted by Crippen LogP contribution is 2.34. The molecule has 37 heavy (non-hydrogen) atoms. The molecule has 0 spiro atoms. The maximum atomic E-state index is 12.9. The Kier molecular flexibility index (Phi) is 6.51. The summed E-state index contributed by atoms with van der Waals surface area (Å²) in [5.41, 5.74) is 6.47. The Hall–Kier alpha value is -3.87. The minimum atomic E-state index is 0.0491. The predicted molar refractivity (Wildman–Crippen MR) is 147 cm³/mol. The molecule has 3 aromatic rings. The molecular weight excluding hydrogens is 482 g/mol. The minimum absolute atomic E-state index is 0.0491. The first-order valence-corrected chi connectivity index (χ1v) is 12.9. The summed E-state index contributed by atoms with van der Waals surface area (Å²) in [6, 6.07) is 22.1. The Bertz CT molecular complexity index is 1360. The van der Waals surface area contributed by atoms with Crippen molar-refractivity contribution in [3.05, 3.63) is 125 Å². The summed E-state index contributed by atoms with van der Waals surface area (Å²) < 4.78 is 0. The highest BCUT2D eigenvalue weighted by molar-refractivity contribution is 6.30. The number of halogens is 1. The fourth-order valence-electron chi connectivity index (χ4n) is 5.11. The maximum Gasteiger partial charge on any atom is 0.255 e. The SMILES string of the molecule is O=C(c1cccnc1)N1CCN(CC2=C(c3ccc(Cl)cc3)NC3C=CC(c4ccccc4)=CN23)CC1. The number of amides is 1. The van der Waals surface area contributed by atoms with Gasteiger partial charge in [-0.3, -0.25) is 14.7 Å². The minimum Gasteiger partial charge on any atom is -0.360 e. The number of fused-ring (bicyclic) bond motifs is 1. The molecule has 7 heteroatoms. The van der Waals surface area contributed by atoms with E-state index in [0.717, 1.165) is 35.9 Å². The first-order valence-electron chi connectivity index (χ1n) is 12.6.